The Kier molecular flexibility index (Phi) is 8.89. The van der Waals surface area contributed by atoms with Gasteiger partial charge in [0.25, 0.3) is 5.91 Å². The molecule has 0 saturated carbocycles. The summed E-state index contributed by atoms with van der Waals surface area (Å²) in [5.41, 5.74) is 5.33. The number of hydrogen-bond donors (Lipinski definition) is 3. The highest BCUT2D eigenvalue weighted by molar-refractivity contribution is 6.30. The van der Waals surface area contributed by atoms with Gasteiger partial charge in [-0.1, -0.05) is 84.4 Å². The molecule has 1 aromatic heterocycles. The van der Waals surface area contributed by atoms with Gasteiger partial charge in [0.2, 0.25) is 5.91 Å². The Morgan fingerprint density at radius 1 is 0.825 bits per heavy atom. The van der Waals surface area contributed by atoms with Crippen LogP contribution in [0.2, 0.25) is 5.02 Å². The minimum absolute atomic E-state index is 0.190. The zero-order chi connectivity index (χ0) is 27.7. The van der Waals surface area contributed by atoms with E-state index in [2.05, 4.69) is 33.0 Å². The van der Waals surface area contributed by atoms with E-state index in [9.17, 15) is 9.59 Å². The van der Waals surface area contributed by atoms with Crippen LogP contribution in [0.1, 0.15) is 34.3 Å². The van der Waals surface area contributed by atoms with Gasteiger partial charge in [-0.2, -0.15) is 5.10 Å². The van der Waals surface area contributed by atoms with E-state index in [-0.39, 0.29) is 11.8 Å². The maximum atomic E-state index is 13.3. The molecule has 0 fully saturated rings. The number of halogens is 1. The Bertz CT molecular complexity index is 1570. The molecule has 0 unspecified atom stereocenters. The molecule has 4 aromatic carbocycles. The number of benzene rings is 4. The van der Waals surface area contributed by atoms with Crippen LogP contribution in [0.25, 0.3) is 22.2 Å². The normalized spacial score (nSPS) is 11.7. The molecule has 0 aliphatic rings. The molecule has 6 nitrogen and oxygen atoms in total. The van der Waals surface area contributed by atoms with Crippen LogP contribution < -0.4 is 10.6 Å². The molecule has 40 heavy (non-hydrogen) atoms. The average Bonchev–Trinajstić information content (AvgIpc) is 3.42. The lowest BCUT2D eigenvalue weighted by molar-refractivity contribution is -0.123. The van der Waals surface area contributed by atoms with E-state index in [0.29, 0.717) is 30.0 Å². The number of aromatic nitrogens is 2. The van der Waals surface area contributed by atoms with Gasteiger partial charge in [0.1, 0.15) is 6.04 Å². The van der Waals surface area contributed by atoms with E-state index in [4.69, 9.17) is 11.6 Å². The van der Waals surface area contributed by atoms with Crippen molar-refractivity contribution >= 4 is 34.3 Å². The molecule has 0 aliphatic carbocycles. The van der Waals surface area contributed by atoms with Crippen molar-refractivity contribution in [1.82, 2.24) is 20.8 Å². The van der Waals surface area contributed by atoms with Crippen LogP contribution in [0, 0.1) is 0 Å². The van der Waals surface area contributed by atoms with Crippen molar-refractivity contribution in [2.45, 2.75) is 31.7 Å². The van der Waals surface area contributed by atoms with Crippen LogP contribution in [-0.2, 0) is 17.6 Å². The number of H-pyrrole nitrogens is 1. The van der Waals surface area contributed by atoms with E-state index in [1.165, 1.54) is 5.56 Å². The lowest BCUT2D eigenvalue weighted by atomic mass is 10.0. The molecule has 202 valence electrons. The Morgan fingerprint density at radius 3 is 2.27 bits per heavy atom. The summed E-state index contributed by atoms with van der Waals surface area (Å²) in [6.45, 7) is 0.531. The largest absolute Gasteiger partial charge is 0.354 e. The summed E-state index contributed by atoms with van der Waals surface area (Å²) in [5.74, 6) is -0.498. The topological polar surface area (TPSA) is 86.9 Å². The molecule has 0 saturated heterocycles. The molecular formula is C33H31ClN4O2. The minimum Gasteiger partial charge on any atom is -0.354 e. The van der Waals surface area contributed by atoms with Gasteiger partial charge in [-0.25, -0.2) is 0 Å². The predicted octanol–water partition coefficient (Wildman–Crippen LogP) is 6.36. The summed E-state index contributed by atoms with van der Waals surface area (Å²) in [6.07, 6.45) is 2.77. The van der Waals surface area contributed by atoms with Gasteiger partial charge in [0.05, 0.1) is 11.2 Å². The monoisotopic (exact) mass is 550 g/mol. The number of amides is 2. The van der Waals surface area contributed by atoms with Crippen molar-refractivity contribution in [3.63, 3.8) is 0 Å². The number of carbonyl (C=O) groups is 2. The van der Waals surface area contributed by atoms with E-state index in [1.54, 1.807) is 12.1 Å². The van der Waals surface area contributed by atoms with Crippen LogP contribution in [0.3, 0.4) is 0 Å². The van der Waals surface area contributed by atoms with Crippen molar-refractivity contribution in [2.75, 3.05) is 6.54 Å². The predicted molar refractivity (Wildman–Crippen MR) is 160 cm³/mol. The summed E-state index contributed by atoms with van der Waals surface area (Å²) in [4.78, 5) is 26.5. The minimum atomic E-state index is -0.683. The number of carbonyl (C=O) groups excluding carboxylic acids is 2. The van der Waals surface area contributed by atoms with Crippen molar-refractivity contribution in [2.24, 2.45) is 0 Å². The van der Waals surface area contributed by atoms with Gasteiger partial charge in [-0.3, -0.25) is 14.7 Å². The molecule has 1 heterocycles. The second-order valence-electron chi connectivity index (χ2n) is 9.77. The molecule has 5 aromatic rings. The molecule has 0 aliphatic heterocycles. The van der Waals surface area contributed by atoms with Gasteiger partial charge in [0, 0.05) is 28.1 Å². The SMILES string of the molecule is O=C(N[C@@H](CCc1ccc(Cl)cc1)C(=O)NCCCc1ccccc1)c1ccc2c(-c3ccccc3)n[nH]c2c1. The Labute approximate surface area is 238 Å². The fraction of sp³-hybridized carbons (Fsp3) is 0.182. The molecule has 5 rings (SSSR count). The standard InChI is InChI=1S/C33H31ClN4O2/c34-27-17-13-24(14-18-27)15-20-29(33(40)35-21-7-10-23-8-3-1-4-9-23)36-32(39)26-16-19-28-30(22-26)37-38-31(28)25-11-5-2-6-12-25/h1-6,8-9,11-14,16-19,22,29H,7,10,15,20-21H2,(H,35,40)(H,36,39)(H,37,38)/t29-/m0/s1. The maximum Gasteiger partial charge on any atom is 0.252 e. The lowest BCUT2D eigenvalue weighted by Gasteiger charge is -2.19. The van der Waals surface area contributed by atoms with Crippen LogP contribution in [0.4, 0.5) is 0 Å². The van der Waals surface area contributed by atoms with Crippen molar-refractivity contribution in [3.8, 4) is 11.3 Å². The van der Waals surface area contributed by atoms with Crippen molar-refractivity contribution in [3.05, 3.63) is 125 Å². The molecule has 0 bridgehead atoms. The second kappa shape index (κ2) is 13.1. The summed E-state index contributed by atoms with van der Waals surface area (Å²) in [6, 6.07) is 32.4. The number of rotatable bonds is 11. The third kappa shape index (κ3) is 6.96. The van der Waals surface area contributed by atoms with Crippen LogP contribution >= 0.6 is 11.6 Å². The fourth-order valence-electron chi connectivity index (χ4n) is 4.72. The van der Waals surface area contributed by atoms with Gasteiger partial charge in [-0.15, -0.1) is 0 Å². The first kappa shape index (κ1) is 27.2. The zero-order valence-corrected chi connectivity index (χ0v) is 22.8. The van der Waals surface area contributed by atoms with Gasteiger partial charge >= 0.3 is 0 Å². The highest BCUT2D eigenvalue weighted by Crippen LogP contribution is 2.26. The first-order valence-corrected chi connectivity index (χ1v) is 13.8. The van der Waals surface area contributed by atoms with Gasteiger partial charge in [0.15, 0.2) is 0 Å². The first-order chi connectivity index (χ1) is 19.6. The second-order valence-corrected chi connectivity index (χ2v) is 10.2. The molecular weight excluding hydrogens is 520 g/mol. The van der Waals surface area contributed by atoms with Crippen molar-refractivity contribution in [1.29, 1.82) is 0 Å². The number of nitrogens with zero attached hydrogens (tertiary/aromatic N) is 1. The number of aryl methyl sites for hydroxylation is 2. The lowest BCUT2D eigenvalue weighted by Crippen LogP contribution is -2.47. The maximum absolute atomic E-state index is 13.3. The van der Waals surface area contributed by atoms with E-state index in [1.807, 2.05) is 78.9 Å². The molecule has 0 spiro atoms. The Balaban J connectivity index is 1.26. The van der Waals surface area contributed by atoms with Crippen LogP contribution in [0.15, 0.2) is 103 Å². The van der Waals surface area contributed by atoms with Crippen LogP contribution in [0.5, 0.6) is 0 Å². The molecule has 2 amide bonds. The highest BCUT2D eigenvalue weighted by atomic mass is 35.5. The molecule has 0 radical (unpaired) electrons. The van der Waals surface area contributed by atoms with Gasteiger partial charge in [-0.05, 0) is 67.1 Å². The Hall–Kier alpha value is -4.42. The number of hydrogen-bond acceptors (Lipinski definition) is 3. The first-order valence-electron chi connectivity index (χ1n) is 13.5. The third-order valence-electron chi connectivity index (χ3n) is 6.91. The Morgan fingerprint density at radius 2 is 1.52 bits per heavy atom. The summed E-state index contributed by atoms with van der Waals surface area (Å²) >= 11 is 6.03. The summed E-state index contributed by atoms with van der Waals surface area (Å²) in [7, 11) is 0. The van der Waals surface area contributed by atoms with Gasteiger partial charge < -0.3 is 10.6 Å². The smallest absolute Gasteiger partial charge is 0.252 e. The zero-order valence-electron chi connectivity index (χ0n) is 22.1. The fourth-order valence-corrected chi connectivity index (χ4v) is 4.85. The molecule has 7 heteroatoms. The number of aromatic amines is 1. The average molecular weight is 551 g/mol. The van der Waals surface area contributed by atoms with E-state index < -0.39 is 6.04 Å². The quantitative estimate of drug-likeness (QED) is 0.167. The summed E-state index contributed by atoms with van der Waals surface area (Å²) in [5, 5.41) is 15.1. The summed E-state index contributed by atoms with van der Waals surface area (Å²) < 4.78 is 0. The van der Waals surface area contributed by atoms with E-state index >= 15 is 0 Å². The van der Waals surface area contributed by atoms with E-state index in [0.717, 1.165) is 40.6 Å². The van der Waals surface area contributed by atoms with Crippen molar-refractivity contribution < 1.29 is 9.59 Å². The molecule has 3 N–H and O–H groups in total. The van der Waals surface area contributed by atoms with Crippen LogP contribution in [-0.4, -0.2) is 34.6 Å². The number of fused-ring (bicyclic) bond motifs is 1. The molecule has 1 atom stereocenters. The third-order valence-corrected chi connectivity index (χ3v) is 7.17. The highest BCUT2D eigenvalue weighted by Gasteiger charge is 2.22. The number of nitrogens with one attached hydrogen (secondary N) is 3.